The van der Waals surface area contributed by atoms with Gasteiger partial charge in [0.05, 0.1) is 12.1 Å². The van der Waals surface area contributed by atoms with Gasteiger partial charge in [-0.15, -0.1) is 11.3 Å². The Balaban J connectivity index is 1.64. The van der Waals surface area contributed by atoms with Gasteiger partial charge >= 0.3 is 0 Å². The van der Waals surface area contributed by atoms with Gasteiger partial charge in [-0.05, 0) is 12.8 Å². The van der Waals surface area contributed by atoms with Gasteiger partial charge in [-0.1, -0.05) is 0 Å². The predicted octanol–water partition coefficient (Wildman–Crippen LogP) is 3.33. The zero-order chi connectivity index (χ0) is 13.5. The normalized spacial score (nSPS) is 19.9. The molecule has 0 unspecified atom stereocenters. The molecule has 0 aromatic carbocycles. The van der Waals surface area contributed by atoms with Gasteiger partial charge < -0.3 is 0 Å². The summed E-state index contributed by atoms with van der Waals surface area (Å²) in [5.74, 6) is -2.76. The number of carbonyl (C=O) groups excluding carboxylic acids is 1. The third kappa shape index (κ3) is 2.68. The van der Waals surface area contributed by atoms with Gasteiger partial charge in [-0.3, -0.25) is 9.20 Å². The number of fused-ring (bicyclic) bond motifs is 1. The highest BCUT2D eigenvalue weighted by Crippen LogP contribution is 2.36. The molecule has 1 fully saturated rings. The zero-order valence-corrected chi connectivity index (χ0v) is 11.1. The van der Waals surface area contributed by atoms with Gasteiger partial charge in [-0.25, -0.2) is 13.8 Å². The minimum Gasteiger partial charge on any atom is -0.299 e. The number of rotatable bonds is 3. The monoisotopic (exact) mass is 284 g/mol. The number of nitrogens with zero attached hydrogens (tertiary/aromatic N) is 2. The van der Waals surface area contributed by atoms with Crippen LogP contribution in [0, 0.1) is 5.92 Å². The van der Waals surface area contributed by atoms with Gasteiger partial charge in [0, 0.05) is 36.5 Å². The lowest BCUT2D eigenvalue weighted by atomic mass is 9.83. The molecule has 1 aliphatic carbocycles. The summed E-state index contributed by atoms with van der Waals surface area (Å²) in [5, 5.41) is 1.93. The highest BCUT2D eigenvalue weighted by atomic mass is 32.1. The highest BCUT2D eigenvalue weighted by Gasteiger charge is 2.37. The maximum Gasteiger partial charge on any atom is 0.248 e. The number of aromatic nitrogens is 2. The molecule has 102 valence electrons. The quantitative estimate of drug-likeness (QED) is 0.866. The molecular formula is C13H14F2N2OS. The van der Waals surface area contributed by atoms with E-state index in [0.29, 0.717) is 12.8 Å². The Bertz CT molecular complexity index is 566. The van der Waals surface area contributed by atoms with E-state index in [1.807, 2.05) is 22.2 Å². The minimum absolute atomic E-state index is 0.0428. The first-order valence-corrected chi connectivity index (χ1v) is 7.23. The Hall–Kier alpha value is -1.30. The Morgan fingerprint density at radius 2 is 2.21 bits per heavy atom. The summed E-state index contributed by atoms with van der Waals surface area (Å²) in [6.45, 7) is 0. The third-order valence-electron chi connectivity index (χ3n) is 3.67. The van der Waals surface area contributed by atoms with Crippen LogP contribution in [0.3, 0.4) is 0 Å². The van der Waals surface area contributed by atoms with Crippen LogP contribution in [0.25, 0.3) is 4.96 Å². The number of ketones is 1. The number of carbonyl (C=O) groups is 1. The van der Waals surface area contributed by atoms with E-state index in [1.54, 1.807) is 0 Å². The fourth-order valence-electron chi connectivity index (χ4n) is 2.55. The molecule has 1 saturated carbocycles. The number of halogens is 2. The standard InChI is InChI=1S/C13H14F2N2OS/c14-13(15)3-1-9(2-4-13)11(18)7-10-8-17-5-6-19-12(17)16-10/h5-6,8-9H,1-4,7H2. The van der Waals surface area contributed by atoms with Crippen molar-refractivity contribution >= 4 is 22.1 Å². The molecule has 3 rings (SSSR count). The Labute approximate surface area is 113 Å². The Morgan fingerprint density at radius 1 is 1.47 bits per heavy atom. The molecular weight excluding hydrogens is 270 g/mol. The topological polar surface area (TPSA) is 34.4 Å². The van der Waals surface area contributed by atoms with E-state index in [9.17, 15) is 13.6 Å². The van der Waals surface area contributed by atoms with Gasteiger partial charge in [0.1, 0.15) is 5.78 Å². The second-order valence-corrected chi connectivity index (χ2v) is 5.97. The number of imidazole rings is 1. The molecule has 19 heavy (non-hydrogen) atoms. The van der Waals surface area contributed by atoms with Crippen molar-refractivity contribution in [2.75, 3.05) is 0 Å². The van der Waals surface area contributed by atoms with E-state index in [2.05, 4.69) is 4.98 Å². The summed E-state index contributed by atoms with van der Waals surface area (Å²) in [6.07, 6.45) is 4.25. The number of hydrogen-bond donors (Lipinski definition) is 0. The number of hydrogen-bond acceptors (Lipinski definition) is 3. The molecule has 0 aliphatic heterocycles. The molecule has 0 amide bonds. The van der Waals surface area contributed by atoms with E-state index in [1.165, 1.54) is 11.3 Å². The average molecular weight is 284 g/mol. The first-order chi connectivity index (χ1) is 9.03. The summed E-state index contributed by atoms with van der Waals surface area (Å²) >= 11 is 1.51. The van der Waals surface area contributed by atoms with Gasteiger partial charge in [0.25, 0.3) is 0 Å². The van der Waals surface area contributed by atoms with Crippen molar-refractivity contribution < 1.29 is 13.6 Å². The molecule has 1 aliphatic rings. The van der Waals surface area contributed by atoms with Crippen LogP contribution in [0.2, 0.25) is 0 Å². The summed E-state index contributed by atoms with van der Waals surface area (Å²) in [7, 11) is 0. The molecule has 2 aromatic rings. The highest BCUT2D eigenvalue weighted by molar-refractivity contribution is 7.15. The molecule has 6 heteroatoms. The minimum atomic E-state index is -2.58. The van der Waals surface area contributed by atoms with Gasteiger partial charge in [0.15, 0.2) is 4.96 Å². The molecule has 0 bridgehead atoms. The molecule has 0 N–H and O–H groups in total. The maximum absolute atomic E-state index is 13.0. The van der Waals surface area contributed by atoms with E-state index < -0.39 is 5.92 Å². The molecule has 2 aromatic heterocycles. The molecule has 0 spiro atoms. The van der Waals surface area contributed by atoms with Crippen LogP contribution in [0.5, 0.6) is 0 Å². The van der Waals surface area contributed by atoms with Gasteiger partial charge in [-0.2, -0.15) is 0 Å². The number of thiazole rings is 1. The van der Waals surface area contributed by atoms with Crippen LogP contribution in [-0.4, -0.2) is 21.1 Å². The molecule has 0 atom stereocenters. The molecule has 3 nitrogen and oxygen atoms in total. The Morgan fingerprint density at radius 3 is 2.89 bits per heavy atom. The van der Waals surface area contributed by atoms with Crippen molar-refractivity contribution in [3.05, 3.63) is 23.5 Å². The SMILES string of the molecule is O=C(Cc1cn2ccsc2n1)C1CCC(F)(F)CC1. The van der Waals surface area contributed by atoms with E-state index >= 15 is 0 Å². The van der Waals surface area contributed by atoms with Gasteiger partial charge in [0.2, 0.25) is 5.92 Å². The first-order valence-electron chi connectivity index (χ1n) is 6.35. The van der Waals surface area contributed by atoms with Crippen LogP contribution in [0.1, 0.15) is 31.4 Å². The average Bonchev–Trinajstić information content (AvgIpc) is 2.89. The van der Waals surface area contributed by atoms with Crippen molar-refractivity contribution in [1.29, 1.82) is 0 Å². The third-order valence-corrected chi connectivity index (χ3v) is 4.44. The summed E-state index contributed by atoms with van der Waals surface area (Å²) in [5.41, 5.74) is 0.731. The lowest BCUT2D eigenvalue weighted by molar-refractivity contribution is -0.126. The van der Waals surface area contributed by atoms with Crippen molar-refractivity contribution in [3.8, 4) is 0 Å². The van der Waals surface area contributed by atoms with E-state index in [-0.39, 0.29) is 31.0 Å². The molecule has 0 radical (unpaired) electrons. The number of alkyl halides is 2. The van der Waals surface area contributed by atoms with Crippen LogP contribution in [0.15, 0.2) is 17.8 Å². The maximum atomic E-state index is 13.0. The lowest BCUT2D eigenvalue weighted by Crippen LogP contribution is -2.29. The van der Waals surface area contributed by atoms with Crippen LogP contribution in [0.4, 0.5) is 8.78 Å². The second kappa shape index (κ2) is 4.67. The smallest absolute Gasteiger partial charge is 0.248 e. The van der Waals surface area contributed by atoms with E-state index in [0.717, 1.165) is 10.7 Å². The molecule has 0 saturated heterocycles. The van der Waals surface area contributed by atoms with Crippen LogP contribution < -0.4 is 0 Å². The fourth-order valence-corrected chi connectivity index (χ4v) is 3.27. The van der Waals surface area contributed by atoms with Crippen LogP contribution in [-0.2, 0) is 11.2 Å². The zero-order valence-electron chi connectivity index (χ0n) is 10.3. The summed E-state index contributed by atoms with van der Waals surface area (Å²) < 4.78 is 28.0. The fraction of sp³-hybridized carbons (Fsp3) is 0.538. The molecule has 2 heterocycles. The largest absolute Gasteiger partial charge is 0.299 e. The van der Waals surface area contributed by atoms with Crippen molar-refractivity contribution in [2.24, 2.45) is 5.92 Å². The van der Waals surface area contributed by atoms with Crippen molar-refractivity contribution in [1.82, 2.24) is 9.38 Å². The Kier molecular flexibility index (Phi) is 3.12. The van der Waals surface area contributed by atoms with Crippen molar-refractivity contribution in [2.45, 2.75) is 38.0 Å². The predicted molar refractivity (Wildman–Crippen MR) is 68.7 cm³/mol. The summed E-state index contributed by atoms with van der Waals surface area (Å²) in [4.78, 5) is 17.3. The second-order valence-electron chi connectivity index (χ2n) is 5.10. The van der Waals surface area contributed by atoms with Crippen molar-refractivity contribution in [3.63, 3.8) is 0 Å². The number of Topliss-reactive ketones (excluding diaryl/α,β-unsaturated/α-hetero) is 1. The van der Waals surface area contributed by atoms with Crippen LogP contribution >= 0.6 is 11.3 Å². The summed E-state index contributed by atoms with van der Waals surface area (Å²) in [6, 6.07) is 0. The lowest BCUT2D eigenvalue weighted by Gasteiger charge is -2.27. The first kappa shape index (κ1) is 12.7. The van der Waals surface area contributed by atoms with E-state index in [4.69, 9.17) is 0 Å².